The number of nitrogens with one attached hydrogen (secondary N) is 2. The van der Waals surface area contributed by atoms with E-state index in [-0.39, 0.29) is 16.8 Å². The molecule has 0 unspecified atom stereocenters. The van der Waals surface area contributed by atoms with Gasteiger partial charge >= 0.3 is 0 Å². The van der Waals surface area contributed by atoms with E-state index in [9.17, 15) is 13.2 Å². The van der Waals surface area contributed by atoms with Crippen LogP contribution < -0.4 is 14.9 Å². The first-order valence-electron chi connectivity index (χ1n) is 11.1. The summed E-state index contributed by atoms with van der Waals surface area (Å²) in [6, 6.07) is 10.4. The molecule has 2 heterocycles. The van der Waals surface area contributed by atoms with Crippen LogP contribution in [0.15, 0.2) is 41.4 Å². The number of carbonyl (C=O) groups excluding carboxylic acids is 1. The fraction of sp³-hybridized carbons (Fsp3) is 0.500. The maximum atomic E-state index is 13.2. The van der Waals surface area contributed by atoms with E-state index >= 15 is 0 Å². The lowest BCUT2D eigenvalue weighted by Gasteiger charge is -2.35. The third kappa shape index (κ3) is 5.13. The average Bonchev–Trinajstić information content (AvgIpc) is 3.45. The molecule has 0 atom stereocenters. The van der Waals surface area contributed by atoms with Crippen LogP contribution in [0.3, 0.4) is 0 Å². The number of benzene rings is 1. The minimum absolute atomic E-state index is 0.125. The summed E-state index contributed by atoms with van der Waals surface area (Å²) in [7, 11) is -3.80. The molecule has 8 heteroatoms. The number of nitrogens with zero attached hydrogens (tertiary/aromatic N) is 2. The van der Waals surface area contributed by atoms with Gasteiger partial charge < -0.3 is 10.2 Å². The van der Waals surface area contributed by atoms with E-state index < -0.39 is 15.6 Å². The zero-order valence-corrected chi connectivity index (χ0v) is 20.1. The minimum Gasteiger partial charge on any atom is -0.371 e. The van der Waals surface area contributed by atoms with Crippen molar-refractivity contribution in [3.8, 4) is 0 Å². The van der Waals surface area contributed by atoms with E-state index in [1.165, 1.54) is 31.7 Å². The van der Waals surface area contributed by atoms with Crippen molar-refractivity contribution in [3.63, 3.8) is 0 Å². The number of hydrogen-bond acceptors (Lipinski definition) is 5. The highest BCUT2D eigenvalue weighted by atomic mass is 32.2. The van der Waals surface area contributed by atoms with Gasteiger partial charge in [0.1, 0.15) is 5.82 Å². The Balaban J connectivity index is 1.55. The quantitative estimate of drug-likeness (QED) is 0.707. The Hall–Kier alpha value is -2.45. The van der Waals surface area contributed by atoms with Crippen LogP contribution in [0.4, 0.5) is 11.5 Å². The number of aryl methyl sites for hydroxylation is 1. The topological polar surface area (TPSA) is 91.4 Å². The molecule has 0 radical (unpaired) electrons. The van der Waals surface area contributed by atoms with Gasteiger partial charge in [0.05, 0.1) is 5.56 Å². The monoisotopic (exact) mass is 456 g/mol. The fourth-order valence-corrected chi connectivity index (χ4v) is 5.65. The van der Waals surface area contributed by atoms with Gasteiger partial charge in [-0.2, -0.15) is 0 Å². The van der Waals surface area contributed by atoms with Crippen molar-refractivity contribution in [2.75, 3.05) is 23.3 Å². The highest BCUT2D eigenvalue weighted by molar-refractivity contribution is 7.89. The molecule has 1 saturated carbocycles. The van der Waals surface area contributed by atoms with Crippen molar-refractivity contribution < 1.29 is 13.2 Å². The molecule has 2 aromatic rings. The van der Waals surface area contributed by atoms with Crippen LogP contribution in [-0.4, -0.2) is 37.9 Å². The lowest BCUT2D eigenvalue weighted by molar-refractivity contribution is 0.102. The molecule has 7 nitrogen and oxygen atoms in total. The molecular weight excluding hydrogens is 424 g/mol. The second-order valence-electron chi connectivity index (χ2n) is 10.2. The first kappa shape index (κ1) is 22.7. The molecule has 32 heavy (non-hydrogen) atoms. The first-order chi connectivity index (χ1) is 15.0. The van der Waals surface area contributed by atoms with E-state index in [4.69, 9.17) is 0 Å². The predicted molar refractivity (Wildman–Crippen MR) is 127 cm³/mol. The van der Waals surface area contributed by atoms with E-state index in [1.54, 1.807) is 32.9 Å². The number of sulfonamides is 1. The number of rotatable bonds is 5. The van der Waals surface area contributed by atoms with E-state index in [2.05, 4.69) is 26.0 Å². The Bertz CT molecular complexity index is 1120. The van der Waals surface area contributed by atoms with E-state index in [0.717, 1.165) is 24.3 Å². The molecule has 0 bridgehead atoms. The Morgan fingerprint density at radius 1 is 1.06 bits per heavy atom. The zero-order chi connectivity index (χ0) is 23.1. The van der Waals surface area contributed by atoms with Crippen LogP contribution in [0.5, 0.6) is 0 Å². The number of aromatic nitrogens is 1. The fourth-order valence-electron chi connectivity index (χ4n) is 4.27. The maximum Gasteiger partial charge on any atom is 0.258 e. The SMILES string of the molecule is Cc1ccc(C(=O)Nc2cccc(S(=O)(=O)NC(C)(C)C)n2)c(N2CCC3(CC2)CC3)c1. The summed E-state index contributed by atoms with van der Waals surface area (Å²) in [5.41, 5.74) is 2.52. The van der Waals surface area contributed by atoms with E-state index in [1.807, 2.05) is 19.1 Å². The van der Waals surface area contributed by atoms with Crippen LogP contribution in [0, 0.1) is 12.3 Å². The van der Waals surface area contributed by atoms with Gasteiger partial charge in [0, 0.05) is 24.3 Å². The third-order valence-corrected chi connectivity index (χ3v) is 7.86. The molecule has 1 spiro atoms. The number of hydrogen-bond donors (Lipinski definition) is 2. The summed E-state index contributed by atoms with van der Waals surface area (Å²) >= 11 is 0. The molecular formula is C24H32N4O3S. The lowest BCUT2D eigenvalue weighted by Crippen LogP contribution is -2.40. The molecule has 4 rings (SSSR count). The van der Waals surface area contributed by atoms with Gasteiger partial charge in [-0.15, -0.1) is 0 Å². The maximum absolute atomic E-state index is 13.2. The molecule has 172 valence electrons. The molecule has 1 aliphatic carbocycles. The largest absolute Gasteiger partial charge is 0.371 e. The molecule has 1 saturated heterocycles. The Morgan fingerprint density at radius 2 is 1.75 bits per heavy atom. The lowest BCUT2D eigenvalue weighted by atomic mass is 9.92. The van der Waals surface area contributed by atoms with Crippen molar-refractivity contribution in [1.82, 2.24) is 9.71 Å². The van der Waals surface area contributed by atoms with Crippen LogP contribution in [0.2, 0.25) is 0 Å². The van der Waals surface area contributed by atoms with Gasteiger partial charge in [0.15, 0.2) is 5.03 Å². The van der Waals surface area contributed by atoms with Gasteiger partial charge in [0.2, 0.25) is 0 Å². The van der Waals surface area contributed by atoms with Gasteiger partial charge in [-0.1, -0.05) is 12.1 Å². The van der Waals surface area contributed by atoms with Crippen LogP contribution in [0.25, 0.3) is 0 Å². The standard InChI is InChI=1S/C24H32N4O3S/c1-17-8-9-18(19(16-17)28-14-12-24(10-11-24)13-15-28)22(29)26-20-6-5-7-21(25-20)32(30,31)27-23(2,3)4/h5-9,16,27H,10-15H2,1-4H3,(H,25,26,29). The van der Waals surface area contributed by atoms with Crippen molar-refractivity contribution >= 4 is 27.4 Å². The summed E-state index contributed by atoms with van der Waals surface area (Å²) in [5, 5.41) is 2.67. The summed E-state index contributed by atoms with van der Waals surface area (Å²) in [6.45, 7) is 9.22. The second kappa shape index (κ2) is 8.15. The summed E-state index contributed by atoms with van der Waals surface area (Å²) < 4.78 is 27.8. The second-order valence-corrected chi connectivity index (χ2v) is 11.8. The minimum atomic E-state index is -3.80. The number of anilines is 2. The van der Waals surface area contributed by atoms with E-state index in [0.29, 0.717) is 11.0 Å². The average molecular weight is 457 g/mol. The number of amides is 1. The molecule has 1 aromatic carbocycles. The van der Waals surface area contributed by atoms with Gasteiger partial charge in [-0.3, -0.25) is 4.79 Å². The molecule has 2 aliphatic rings. The third-order valence-electron chi connectivity index (χ3n) is 6.20. The highest BCUT2D eigenvalue weighted by Crippen LogP contribution is 2.54. The summed E-state index contributed by atoms with van der Waals surface area (Å²) in [4.78, 5) is 19.7. The smallest absolute Gasteiger partial charge is 0.258 e. The van der Waals surface area contributed by atoms with Gasteiger partial charge in [-0.25, -0.2) is 18.1 Å². The molecule has 1 amide bonds. The Labute approximate surface area is 190 Å². The zero-order valence-electron chi connectivity index (χ0n) is 19.2. The van der Waals surface area contributed by atoms with Gasteiger partial charge in [0.25, 0.3) is 15.9 Å². The van der Waals surface area contributed by atoms with Crippen LogP contribution >= 0.6 is 0 Å². The normalized spacial score (nSPS) is 17.9. The number of carbonyl (C=O) groups is 1. The highest BCUT2D eigenvalue weighted by Gasteiger charge is 2.44. The van der Waals surface area contributed by atoms with Crippen molar-refractivity contribution in [1.29, 1.82) is 0 Å². The molecule has 2 fully saturated rings. The molecule has 2 N–H and O–H groups in total. The summed E-state index contributed by atoms with van der Waals surface area (Å²) in [6.07, 6.45) is 5.00. The van der Waals surface area contributed by atoms with Crippen LogP contribution in [-0.2, 0) is 10.0 Å². The first-order valence-corrected chi connectivity index (χ1v) is 12.6. The summed E-state index contributed by atoms with van der Waals surface area (Å²) in [5.74, 6) is -0.0913. The van der Waals surface area contributed by atoms with Gasteiger partial charge in [-0.05, 0) is 88.6 Å². The number of piperidine rings is 1. The van der Waals surface area contributed by atoms with Crippen LogP contribution in [0.1, 0.15) is 62.4 Å². The predicted octanol–water partition coefficient (Wildman–Crippen LogP) is 4.10. The Kier molecular flexibility index (Phi) is 5.79. The van der Waals surface area contributed by atoms with Crippen molar-refractivity contribution in [2.24, 2.45) is 5.41 Å². The van der Waals surface area contributed by atoms with Crippen molar-refractivity contribution in [2.45, 2.75) is 63.9 Å². The number of pyridine rings is 1. The molecule has 1 aromatic heterocycles. The Morgan fingerprint density at radius 3 is 2.38 bits per heavy atom. The molecule has 1 aliphatic heterocycles. The van der Waals surface area contributed by atoms with Crippen molar-refractivity contribution in [3.05, 3.63) is 47.5 Å².